The predicted molar refractivity (Wildman–Crippen MR) is 111 cm³/mol. The van der Waals surface area contributed by atoms with Gasteiger partial charge in [0.2, 0.25) is 0 Å². The highest BCUT2D eigenvalue weighted by Gasteiger charge is 2.26. The molecule has 0 amide bonds. The molecule has 4 nitrogen and oxygen atoms in total. The smallest absolute Gasteiger partial charge is 0.0627 e. The highest BCUT2D eigenvalue weighted by Crippen LogP contribution is 2.21. The van der Waals surface area contributed by atoms with Gasteiger partial charge in [-0.3, -0.25) is 14.8 Å². The van der Waals surface area contributed by atoms with E-state index in [0.717, 1.165) is 18.3 Å². The molecule has 3 heterocycles. The van der Waals surface area contributed by atoms with Gasteiger partial charge in [0.1, 0.15) is 0 Å². The van der Waals surface area contributed by atoms with Crippen molar-refractivity contribution in [3.05, 3.63) is 35.7 Å². The molecule has 2 saturated heterocycles. The summed E-state index contributed by atoms with van der Waals surface area (Å²) in [6.45, 7) is 15.1. The van der Waals surface area contributed by atoms with E-state index in [4.69, 9.17) is 0 Å². The number of piperidine rings is 1. The van der Waals surface area contributed by atoms with Gasteiger partial charge in [-0.15, -0.1) is 0 Å². The fraction of sp³-hybridized carbons (Fsp3) is 0.682. The molecule has 0 N–H and O–H groups in total. The van der Waals surface area contributed by atoms with Crippen LogP contribution in [0.15, 0.2) is 24.4 Å². The normalized spacial score (nSPS) is 22.3. The summed E-state index contributed by atoms with van der Waals surface area (Å²) in [7, 11) is 2.23. The van der Waals surface area contributed by atoms with E-state index in [1.165, 1.54) is 57.7 Å². The van der Waals surface area contributed by atoms with Crippen LogP contribution in [0.3, 0.4) is 0 Å². The van der Waals surface area contributed by atoms with E-state index in [9.17, 15) is 0 Å². The lowest BCUT2D eigenvalue weighted by Gasteiger charge is -2.41. The summed E-state index contributed by atoms with van der Waals surface area (Å²) in [6, 6.07) is 5.14. The molecule has 0 spiro atoms. The molecule has 1 aromatic rings. The zero-order valence-electron chi connectivity index (χ0n) is 17.1. The minimum absolute atomic E-state index is 0.170. The lowest BCUT2D eigenvalue weighted by atomic mass is 9.88. The SMILES string of the molecule is CN1CCN(C2CCN(C/C=C/c3ccc(C(C)(C)C)cn3)CC2)CC1. The number of rotatable bonds is 4. The van der Waals surface area contributed by atoms with Crippen LogP contribution in [0.1, 0.15) is 44.9 Å². The van der Waals surface area contributed by atoms with Crippen LogP contribution in [0.25, 0.3) is 6.08 Å². The lowest BCUT2D eigenvalue weighted by Crippen LogP contribution is -2.52. The zero-order chi connectivity index (χ0) is 18.6. The van der Waals surface area contributed by atoms with Crippen molar-refractivity contribution < 1.29 is 0 Å². The third kappa shape index (κ3) is 5.38. The Morgan fingerprint density at radius 3 is 2.31 bits per heavy atom. The standard InChI is InChI=1S/C22H36N4/c1-22(2,3)19-7-8-20(23-18-19)6-5-11-25-12-9-21(10-13-25)26-16-14-24(4)15-17-26/h5-8,18,21H,9-17H2,1-4H3/b6-5+. The molecule has 2 aliphatic rings. The maximum atomic E-state index is 4.59. The molecule has 2 aliphatic heterocycles. The van der Waals surface area contributed by atoms with Gasteiger partial charge >= 0.3 is 0 Å². The number of hydrogen-bond acceptors (Lipinski definition) is 4. The first kappa shape index (κ1) is 19.5. The second kappa shape index (κ2) is 8.64. The summed E-state index contributed by atoms with van der Waals surface area (Å²) in [6.07, 6.45) is 9.08. The fourth-order valence-electron chi connectivity index (χ4n) is 3.92. The summed E-state index contributed by atoms with van der Waals surface area (Å²) in [5, 5.41) is 0. The van der Waals surface area contributed by atoms with Gasteiger partial charge < -0.3 is 4.90 Å². The number of pyridine rings is 1. The number of likely N-dealkylation sites (tertiary alicyclic amines) is 1. The first-order valence-electron chi connectivity index (χ1n) is 10.2. The molecule has 2 fully saturated rings. The number of nitrogens with zero attached hydrogens (tertiary/aromatic N) is 4. The van der Waals surface area contributed by atoms with E-state index in [1.54, 1.807) is 0 Å². The maximum Gasteiger partial charge on any atom is 0.0627 e. The quantitative estimate of drug-likeness (QED) is 0.827. The Kier molecular flexibility index (Phi) is 6.49. The van der Waals surface area contributed by atoms with Crippen LogP contribution < -0.4 is 0 Å². The second-order valence-corrected chi connectivity index (χ2v) is 9.00. The van der Waals surface area contributed by atoms with Gasteiger partial charge in [-0.05, 0) is 56.1 Å². The van der Waals surface area contributed by atoms with Gasteiger partial charge in [0, 0.05) is 45.0 Å². The fourth-order valence-corrected chi connectivity index (χ4v) is 3.92. The largest absolute Gasteiger partial charge is 0.304 e. The molecule has 0 bridgehead atoms. The molecule has 1 aromatic heterocycles. The maximum absolute atomic E-state index is 4.59. The van der Waals surface area contributed by atoms with Crippen LogP contribution >= 0.6 is 0 Å². The Hall–Kier alpha value is -1.23. The van der Waals surface area contributed by atoms with E-state index in [1.807, 2.05) is 6.20 Å². The molecule has 0 aliphatic carbocycles. The van der Waals surface area contributed by atoms with Crippen LogP contribution in [0.2, 0.25) is 0 Å². The van der Waals surface area contributed by atoms with Gasteiger partial charge in [0.05, 0.1) is 5.69 Å². The van der Waals surface area contributed by atoms with E-state index < -0.39 is 0 Å². The monoisotopic (exact) mass is 356 g/mol. The van der Waals surface area contributed by atoms with Crippen molar-refractivity contribution in [3.63, 3.8) is 0 Å². The molecule has 0 aromatic carbocycles. The third-order valence-corrected chi connectivity index (χ3v) is 5.92. The van der Waals surface area contributed by atoms with Gasteiger partial charge in [-0.25, -0.2) is 0 Å². The Labute approximate surface area is 159 Å². The van der Waals surface area contributed by atoms with Crippen molar-refractivity contribution in [1.29, 1.82) is 0 Å². The molecule has 144 valence electrons. The average Bonchev–Trinajstić information content (AvgIpc) is 2.63. The van der Waals surface area contributed by atoms with Crippen LogP contribution in [-0.2, 0) is 5.41 Å². The Balaban J connectivity index is 1.41. The molecule has 0 unspecified atom stereocenters. The number of piperazine rings is 1. The topological polar surface area (TPSA) is 22.6 Å². The summed E-state index contributed by atoms with van der Waals surface area (Å²) in [5.74, 6) is 0. The van der Waals surface area contributed by atoms with E-state index in [-0.39, 0.29) is 5.41 Å². The minimum atomic E-state index is 0.170. The van der Waals surface area contributed by atoms with Crippen molar-refractivity contribution in [1.82, 2.24) is 19.7 Å². The molecule has 3 rings (SSSR count). The van der Waals surface area contributed by atoms with Crippen LogP contribution in [0.4, 0.5) is 0 Å². The minimum Gasteiger partial charge on any atom is -0.304 e. The second-order valence-electron chi connectivity index (χ2n) is 9.00. The summed E-state index contributed by atoms with van der Waals surface area (Å²) in [5.41, 5.74) is 2.52. The predicted octanol–water partition coefficient (Wildman–Crippen LogP) is 3.10. The van der Waals surface area contributed by atoms with Gasteiger partial charge in [0.15, 0.2) is 0 Å². The Bertz CT molecular complexity index is 571. The van der Waals surface area contributed by atoms with Crippen molar-refractivity contribution in [2.75, 3.05) is 52.9 Å². The van der Waals surface area contributed by atoms with Gasteiger partial charge in [0.25, 0.3) is 0 Å². The third-order valence-electron chi connectivity index (χ3n) is 5.92. The van der Waals surface area contributed by atoms with E-state index in [0.29, 0.717) is 0 Å². The first-order chi connectivity index (χ1) is 12.4. The molecule has 26 heavy (non-hydrogen) atoms. The molecular weight excluding hydrogens is 320 g/mol. The highest BCUT2D eigenvalue weighted by atomic mass is 15.3. The van der Waals surface area contributed by atoms with Crippen molar-refractivity contribution in [2.24, 2.45) is 0 Å². The highest BCUT2D eigenvalue weighted by molar-refractivity contribution is 5.45. The summed E-state index contributed by atoms with van der Waals surface area (Å²) in [4.78, 5) is 12.3. The lowest BCUT2D eigenvalue weighted by molar-refractivity contribution is 0.0709. The number of likely N-dealkylation sites (N-methyl/N-ethyl adjacent to an activating group) is 1. The van der Waals surface area contributed by atoms with Gasteiger partial charge in [-0.2, -0.15) is 0 Å². The van der Waals surface area contributed by atoms with Crippen molar-refractivity contribution in [3.8, 4) is 0 Å². The zero-order valence-corrected chi connectivity index (χ0v) is 17.1. The molecule has 0 atom stereocenters. The first-order valence-corrected chi connectivity index (χ1v) is 10.2. The van der Waals surface area contributed by atoms with Crippen LogP contribution in [0, 0.1) is 0 Å². The van der Waals surface area contributed by atoms with Crippen LogP contribution in [-0.4, -0.2) is 78.6 Å². The van der Waals surface area contributed by atoms with Crippen molar-refractivity contribution in [2.45, 2.75) is 45.1 Å². The average molecular weight is 357 g/mol. The molecular formula is C22H36N4. The molecule has 0 saturated carbocycles. The number of hydrogen-bond donors (Lipinski definition) is 0. The molecule has 0 radical (unpaired) electrons. The summed E-state index contributed by atoms with van der Waals surface area (Å²) < 4.78 is 0. The number of aromatic nitrogens is 1. The van der Waals surface area contributed by atoms with Crippen LogP contribution in [0.5, 0.6) is 0 Å². The van der Waals surface area contributed by atoms with Crippen molar-refractivity contribution >= 4 is 6.08 Å². The summed E-state index contributed by atoms with van der Waals surface area (Å²) >= 11 is 0. The van der Waals surface area contributed by atoms with E-state index in [2.05, 4.69) is 71.8 Å². The molecule has 4 heteroatoms. The Morgan fingerprint density at radius 2 is 1.73 bits per heavy atom. The van der Waals surface area contributed by atoms with Gasteiger partial charge in [-0.1, -0.05) is 32.9 Å². The van der Waals surface area contributed by atoms with E-state index >= 15 is 0 Å². The Morgan fingerprint density at radius 1 is 1.04 bits per heavy atom.